The Morgan fingerprint density at radius 2 is 1.96 bits per heavy atom. The summed E-state index contributed by atoms with van der Waals surface area (Å²) in [5.41, 5.74) is 6.88. The summed E-state index contributed by atoms with van der Waals surface area (Å²) in [6.45, 7) is 12.3. The zero-order valence-electron chi connectivity index (χ0n) is 16.6. The SMILES string of the molecule is C=C(CCC)c1ccc(C)c(C2NCCCC2C(C)c2ccccc2)c1. The molecule has 3 rings (SSSR count). The van der Waals surface area contributed by atoms with Crippen LogP contribution in [0.1, 0.15) is 73.7 Å². The molecule has 26 heavy (non-hydrogen) atoms. The van der Waals surface area contributed by atoms with Crippen molar-refractivity contribution in [2.45, 2.75) is 58.4 Å². The average molecular weight is 348 g/mol. The molecule has 3 atom stereocenters. The van der Waals surface area contributed by atoms with Crippen LogP contribution in [-0.4, -0.2) is 6.54 Å². The van der Waals surface area contributed by atoms with E-state index >= 15 is 0 Å². The number of hydrogen-bond donors (Lipinski definition) is 1. The molecule has 0 aliphatic carbocycles. The van der Waals surface area contributed by atoms with Gasteiger partial charge in [-0.15, -0.1) is 0 Å². The van der Waals surface area contributed by atoms with E-state index in [1.807, 2.05) is 0 Å². The number of rotatable bonds is 6. The van der Waals surface area contributed by atoms with Gasteiger partial charge in [-0.05, 0) is 78.5 Å². The van der Waals surface area contributed by atoms with E-state index in [9.17, 15) is 0 Å². The molecule has 1 aliphatic rings. The molecular formula is C25H33N. The van der Waals surface area contributed by atoms with Crippen molar-refractivity contribution in [3.05, 3.63) is 77.4 Å². The topological polar surface area (TPSA) is 12.0 Å². The van der Waals surface area contributed by atoms with Crippen molar-refractivity contribution in [3.63, 3.8) is 0 Å². The van der Waals surface area contributed by atoms with Gasteiger partial charge in [0.2, 0.25) is 0 Å². The first-order valence-electron chi connectivity index (χ1n) is 10.2. The van der Waals surface area contributed by atoms with Crippen LogP contribution in [0, 0.1) is 12.8 Å². The van der Waals surface area contributed by atoms with E-state index in [2.05, 4.69) is 81.2 Å². The van der Waals surface area contributed by atoms with Crippen LogP contribution < -0.4 is 5.32 Å². The number of aryl methyl sites for hydroxylation is 1. The second kappa shape index (κ2) is 8.68. The molecule has 0 amide bonds. The van der Waals surface area contributed by atoms with Gasteiger partial charge in [0.05, 0.1) is 0 Å². The molecular weight excluding hydrogens is 314 g/mol. The molecule has 138 valence electrons. The van der Waals surface area contributed by atoms with Crippen LogP contribution in [0.3, 0.4) is 0 Å². The third-order valence-electron chi connectivity index (χ3n) is 6.05. The maximum absolute atomic E-state index is 4.31. The minimum Gasteiger partial charge on any atom is -0.310 e. The van der Waals surface area contributed by atoms with E-state index < -0.39 is 0 Å². The van der Waals surface area contributed by atoms with Gasteiger partial charge in [-0.1, -0.05) is 69.3 Å². The quantitative estimate of drug-likeness (QED) is 0.616. The molecule has 1 nitrogen and oxygen atoms in total. The lowest BCUT2D eigenvalue weighted by Crippen LogP contribution is -2.37. The van der Waals surface area contributed by atoms with Crippen LogP contribution in [0.25, 0.3) is 5.57 Å². The third-order valence-corrected chi connectivity index (χ3v) is 6.05. The van der Waals surface area contributed by atoms with Gasteiger partial charge in [-0.25, -0.2) is 0 Å². The maximum Gasteiger partial charge on any atom is 0.0357 e. The summed E-state index contributed by atoms with van der Waals surface area (Å²) in [5.74, 6) is 1.18. The van der Waals surface area contributed by atoms with Crippen LogP contribution in [0.5, 0.6) is 0 Å². The van der Waals surface area contributed by atoms with Gasteiger partial charge in [0.25, 0.3) is 0 Å². The predicted molar refractivity (Wildman–Crippen MR) is 113 cm³/mol. The summed E-state index contributed by atoms with van der Waals surface area (Å²) in [6.07, 6.45) is 4.77. The molecule has 0 aromatic heterocycles. The van der Waals surface area contributed by atoms with Crippen molar-refractivity contribution in [1.82, 2.24) is 5.32 Å². The van der Waals surface area contributed by atoms with Gasteiger partial charge in [0.15, 0.2) is 0 Å². The summed E-state index contributed by atoms with van der Waals surface area (Å²) < 4.78 is 0. The van der Waals surface area contributed by atoms with Gasteiger partial charge in [-0.2, -0.15) is 0 Å². The summed E-state index contributed by atoms with van der Waals surface area (Å²) in [7, 11) is 0. The van der Waals surface area contributed by atoms with Gasteiger partial charge < -0.3 is 5.32 Å². The summed E-state index contributed by atoms with van der Waals surface area (Å²) in [5, 5.41) is 3.85. The van der Waals surface area contributed by atoms with Crippen LogP contribution in [0.15, 0.2) is 55.1 Å². The first kappa shape index (κ1) is 18.9. The van der Waals surface area contributed by atoms with Gasteiger partial charge in [0.1, 0.15) is 0 Å². The highest BCUT2D eigenvalue weighted by atomic mass is 14.9. The van der Waals surface area contributed by atoms with Crippen molar-refractivity contribution in [1.29, 1.82) is 0 Å². The highest BCUT2D eigenvalue weighted by Crippen LogP contribution is 2.41. The predicted octanol–water partition coefficient (Wildman–Crippen LogP) is 6.65. The molecule has 3 unspecified atom stereocenters. The molecule has 2 aromatic carbocycles. The first-order chi connectivity index (χ1) is 12.6. The van der Waals surface area contributed by atoms with Crippen molar-refractivity contribution in [3.8, 4) is 0 Å². The van der Waals surface area contributed by atoms with Crippen molar-refractivity contribution >= 4 is 5.57 Å². The van der Waals surface area contributed by atoms with Gasteiger partial charge in [-0.3, -0.25) is 0 Å². The van der Waals surface area contributed by atoms with Crippen LogP contribution in [-0.2, 0) is 0 Å². The lowest BCUT2D eigenvalue weighted by molar-refractivity contribution is 0.250. The van der Waals surface area contributed by atoms with Crippen LogP contribution in [0.2, 0.25) is 0 Å². The first-order valence-corrected chi connectivity index (χ1v) is 10.2. The number of allylic oxidation sites excluding steroid dienone is 1. The van der Waals surface area contributed by atoms with Crippen molar-refractivity contribution in [2.24, 2.45) is 5.92 Å². The molecule has 1 heterocycles. The van der Waals surface area contributed by atoms with E-state index in [0.717, 1.165) is 19.4 Å². The second-order valence-corrected chi connectivity index (χ2v) is 7.86. The highest BCUT2D eigenvalue weighted by Gasteiger charge is 2.32. The molecule has 0 saturated carbocycles. The van der Waals surface area contributed by atoms with E-state index in [1.54, 1.807) is 0 Å². The fraction of sp³-hybridized carbons (Fsp3) is 0.440. The minimum absolute atomic E-state index is 0.424. The standard InChI is InChI=1S/C25H33N/c1-5-10-18(2)22-15-14-19(3)24(17-22)25-23(13-9-16-26-25)20(4)21-11-7-6-8-12-21/h6-8,11-12,14-15,17,20,23,25-26H,2,5,9-10,13,16H2,1,3-4H3. The largest absolute Gasteiger partial charge is 0.310 e. The maximum atomic E-state index is 4.31. The summed E-state index contributed by atoms with van der Waals surface area (Å²) in [4.78, 5) is 0. The molecule has 1 saturated heterocycles. The fourth-order valence-electron chi connectivity index (χ4n) is 4.44. The Morgan fingerprint density at radius 3 is 2.69 bits per heavy atom. The Labute approximate surface area is 159 Å². The lowest BCUT2D eigenvalue weighted by Gasteiger charge is -2.38. The smallest absolute Gasteiger partial charge is 0.0357 e. The van der Waals surface area contributed by atoms with E-state index in [-0.39, 0.29) is 0 Å². The minimum atomic E-state index is 0.424. The molecule has 1 fully saturated rings. The molecule has 1 N–H and O–H groups in total. The number of hydrogen-bond acceptors (Lipinski definition) is 1. The highest BCUT2D eigenvalue weighted by molar-refractivity contribution is 5.64. The van der Waals surface area contributed by atoms with Crippen molar-refractivity contribution in [2.75, 3.05) is 6.54 Å². The monoisotopic (exact) mass is 347 g/mol. The molecule has 0 spiro atoms. The Bertz CT molecular complexity index is 731. The lowest BCUT2D eigenvalue weighted by atomic mass is 9.74. The fourth-order valence-corrected chi connectivity index (χ4v) is 4.44. The van der Waals surface area contributed by atoms with Gasteiger partial charge in [0, 0.05) is 6.04 Å². The summed E-state index contributed by atoms with van der Waals surface area (Å²) >= 11 is 0. The molecule has 1 heteroatoms. The van der Waals surface area contributed by atoms with E-state index in [1.165, 1.54) is 40.7 Å². The molecule has 1 aliphatic heterocycles. The molecule has 0 bridgehead atoms. The van der Waals surface area contributed by atoms with E-state index in [4.69, 9.17) is 0 Å². The number of piperidine rings is 1. The third kappa shape index (κ3) is 4.10. The Kier molecular flexibility index (Phi) is 6.32. The zero-order valence-corrected chi connectivity index (χ0v) is 16.6. The molecule has 0 radical (unpaired) electrons. The van der Waals surface area contributed by atoms with Crippen LogP contribution >= 0.6 is 0 Å². The Hall–Kier alpha value is -1.86. The Morgan fingerprint density at radius 1 is 1.19 bits per heavy atom. The summed E-state index contributed by atoms with van der Waals surface area (Å²) in [6, 6.07) is 18.4. The van der Waals surface area contributed by atoms with Crippen molar-refractivity contribution < 1.29 is 0 Å². The van der Waals surface area contributed by atoms with E-state index in [0.29, 0.717) is 17.9 Å². The zero-order chi connectivity index (χ0) is 18.5. The van der Waals surface area contributed by atoms with Crippen LogP contribution in [0.4, 0.5) is 0 Å². The normalized spacial score (nSPS) is 21.3. The number of benzene rings is 2. The average Bonchev–Trinajstić information content (AvgIpc) is 2.68. The Balaban J connectivity index is 1.92. The second-order valence-electron chi connectivity index (χ2n) is 7.86. The van der Waals surface area contributed by atoms with Gasteiger partial charge >= 0.3 is 0 Å². The molecule has 2 aromatic rings. The number of nitrogens with one attached hydrogen (secondary N) is 1.